The van der Waals surface area contributed by atoms with Crippen LogP contribution in [0.15, 0.2) is 24.3 Å². The van der Waals surface area contributed by atoms with Gasteiger partial charge in [-0.3, -0.25) is 4.90 Å². The average molecular weight is 445 g/mol. The van der Waals surface area contributed by atoms with Crippen LogP contribution in [0.25, 0.3) is 0 Å². The van der Waals surface area contributed by atoms with Crippen LogP contribution in [-0.4, -0.2) is 81.4 Å². The van der Waals surface area contributed by atoms with Crippen LogP contribution in [0.4, 0.5) is 5.69 Å². The lowest BCUT2D eigenvalue weighted by Gasteiger charge is -2.56. The van der Waals surface area contributed by atoms with E-state index in [1.165, 1.54) is 44.2 Å². The minimum Gasteiger partial charge on any atom is -0.497 e. The predicted molar refractivity (Wildman–Crippen MR) is 125 cm³/mol. The Kier molecular flexibility index (Phi) is 6.93. The highest BCUT2D eigenvalue weighted by atomic mass is 16.5. The van der Waals surface area contributed by atoms with Gasteiger partial charge in [-0.15, -0.1) is 0 Å². The minimum absolute atomic E-state index is 0.153. The van der Waals surface area contributed by atoms with Crippen molar-refractivity contribution in [2.45, 2.75) is 50.2 Å². The van der Waals surface area contributed by atoms with Crippen molar-refractivity contribution in [1.82, 2.24) is 4.90 Å². The molecule has 4 aliphatic carbocycles. The molecule has 1 aromatic rings. The Bertz CT molecular complexity index is 697. The van der Waals surface area contributed by atoms with Gasteiger partial charge in [-0.25, -0.2) is 0 Å². The van der Waals surface area contributed by atoms with Crippen LogP contribution >= 0.6 is 0 Å². The molecule has 5 fully saturated rings. The summed E-state index contributed by atoms with van der Waals surface area (Å²) >= 11 is 0. The number of rotatable bonds is 10. The van der Waals surface area contributed by atoms with Gasteiger partial charge in [0.2, 0.25) is 0 Å². The number of benzene rings is 1. The molecule has 0 radical (unpaired) electrons. The number of anilines is 1. The van der Waals surface area contributed by atoms with Gasteiger partial charge >= 0.3 is 0 Å². The van der Waals surface area contributed by atoms with E-state index in [1.807, 2.05) is 12.1 Å². The van der Waals surface area contributed by atoms with Crippen LogP contribution in [0.1, 0.15) is 38.5 Å². The molecule has 1 aliphatic heterocycles. The molecule has 0 amide bonds. The molecule has 1 aromatic carbocycles. The molecule has 1 unspecified atom stereocenters. The normalized spacial score (nSPS) is 32.9. The number of aliphatic hydroxyl groups is 1. The van der Waals surface area contributed by atoms with Gasteiger partial charge in [-0.1, -0.05) is 0 Å². The van der Waals surface area contributed by atoms with Crippen molar-refractivity contribution in [1.29, 1.82) is 0 Å². The Labute approximate surface area is 192 Å². The van der Waals surface area contributed by atoms with E-state index in [2.05, 4.69) is 21.9 Å². The van der Waals surface area contributed by atoms with Gasteiger partial charge < -0.3 is 24.2 Å². The maximum Gasteiger partial charge on any atom is 0.119 e. The van der Waals surface area contributed by atoms with Gasteiger partial charge in [-0.05, 0) is 80.5 Å². The molecule has 6 rings (SSSR count). The van der Waals surface area contributed by atoms with Crippen LogP contribution in [0.3, 0.4) is 0 Å². The third-order valence-corrected chi connectivity index (χ3v) is 8.21. The third-order valence-electron chi connectivity index (χ3n) is 8.21. The van der Waals surface area contributed by atoms with Gasteiger partial charge in [0.15, 0.2) is 0 Å². The van der Waals surface area contributed by atoms with Crippen molar-refractivity contribution in [3.05, 3.63) is 24.3 Å². The van der Waals surface area contributed by atoms with Gasteiger partial charge in [0.25, 0.3) is 0 Å². The summed E-state index contributed by atoms with van der Waals surface area (Å²) in [6, 6.07) is 8.25. The molecule has 178 valence electrons. The molecule has 4 bridgehead atoms. The maximum absolute atomic E-state index is 10.4. The molecule has 1 saturated heterocycles. The van der Waals surface area contributed by atoms with Crippen molar-refractivity contribution in [2.75, 3.05) is 64.6 Å². The zero-order valence-electron chi connectivity index (χ0n) is 19.6. The Balaban J connectivity index is 0.960. The number of nitrogens with zero attached hydrogens (tertiary/aromatic N) is 2. The molecular weight excluding hydrogens is 404 g/mol. The number of aliphatic hydroxyl groups excluding tert-OH is 1. The van der Waals surface area contributed by atoms with Crippen molar-refractivity contribution < 1.29 is 19.3 Å². The third kappa shape index (κ3) is 5.24. The zero-order chi connectivity index (χ0) is 22.0. The molecule has 1 atom stereocenters. The molecule has 0 aromatic heterocycles. The summed E-state index contributed by atoms with van der Waals surface area (Å²) in [5.74, 6) is 3.62. The van der Waals surface area contributed by atoms with E-state index in [0.29, 0.717) is 26.4 Å². The Hall–Kier alpha value is -1.34. The van der Waals surface area contributed by atoms with E-state index >= 15 is 0 Å². The summed E-state index contributed by atoms with van der Waals surface area (Å²) in [4.78, 5) is 4.72. The Morgan fingerprint density at radius 2 is 1.56 bits per heavy atom. The van der Waals surface area contributed by atoms with E-state index < -0.39 is 6.10 Å². The molecule has 4 saturated carbocycles. The molecule has 5 aliphatic rings. The second kappa shape index (κ2) is 9.88. The number of β-amino-alcohol motifs (C(OH)–C–C–N with tert-alkyl or cyclic N) is 1. The molecule has 1 heterocycles. The highest BCUT2D eigenvalue weighted by molar-refractivity contribution is 5.49. The lowest BCUT2D eigenvalue weighted by Crippen LogP contribution is -2.52. The van der Waals surface area contributed by atoms with Crippen molar-refractivity contribution in [3.8, 4) is 5.75 Å². The van der Waals surface area contributed by atoms with E-state index in [4.69, 9.17) is 14.2 Å². The van der Waals surface area contributed by atoms with Gasteiger partial charge in [0, 0.05) is 38.4 Å². The highest BCUT2D eigenvalue weighted by Crippen LogP contribution is 2.57. The summed E-state index contributed by atoms with van der Waals surface area (Å²) in [5.41, 5.74) is 1.38. The summed E-state index contributed by atoms with van der Waals surface area (Å²) < 4.78 is 17.4. The van der Waals surface area contributed by atoms with Crippen LogP contribution in [0, 0.1) is 17.8 Å². The average Bonchev–Trinajstić information content (AvgIpc) is 2.78. The molecule has 1 N–H and O–H groups in total. The first kappa shape index (κ1) is 22.5. The fourth-order valence-electron chi connectivity index (χ4n) is 7.08. The lowest BCUT2D eigenvalue weighted by molar-refractivity contribution is -0.170. The lowest BCUT2D eigenvalue weighted by atomic mass is 9.54. The number of piperazine rings is 1. The second-order valence-electron chi connectivity index (χ2n) is 10.7. The zero-order valence-corrected chi connectivity index (χ0v) is 19.6. The predicted octanol–water partition coefficient (Wildman–Crippen LogP) is 3.18. The molecule has 0 spiro atoms. The maximum atomic E-state index is 10.4. The van der Waals surface area contributed by atoms with E-state index in [9.17, 15) is 5.11 Å². The smallest absolute Gasteiger partial charge is 0.119 e. The van der Waals surface area contributed by atoms with E-state index in [-0.39, 0.29) is 5.60 Å². The highest BCUT2D eigenvalue weighted by Gasteiger charge is 2.51. The summed E-state index contributed by atoms with van der Waals surface area (Å²) in [6.07, 6.45) is 7.69. The monoisotopic (exact) mass is 444 g/mol. The Morgan fingerprint density at radius 1 is 0.938 bits per heavy atom. The first-order chi connectivity index (χ1) is 15.6. The number of hydrogen-bond donors (Lipinski definition) is 1. The number of ether oxygens (including phenoxy) is 3. The van der Waals surface area contributed by atoms with Gasteiger partial charge in [0.1, 0.15) is 5.75 Å². The number of hydrogen-bond acceptors (Lipinski definition) is 6. The molecule has 6 heteroatoms. The van der Waals surface area contributed by atoms with Gasteiger partial charge in [0.05, 0.1) is 38.6 Å². The minimum atomic E-state index is -0.443. The topological polar surface area (TPSA) is 54.4 Å². The summed E-state index contributed by atoms with van der Waals surface area (Å²) in [7, 11) is 1.69. The van der Waals surface area contributed by atoms with Crippen molar-refractivity contribution >= 4 is 5.69 Å². The Morgan fingerprint density at radius 3 is 2.16 bits per heavy atom. The summed E-state index contributed by atoms with van der Waals surface area (Å²) in [5, 5.41) is 10.4. The quantitative estimate of drug-likeness (QED) is 0.560. The largest absolute Gasteiger partial charge is 0.497 e. The van der Waals surface area contributed by atoms with Crippen molar-refractivity contribution in [2.24, 2.45) is 17.8 Å². The molecular formula is C26H40N2O4. The van der Waals surface area contributed by atoms with Crippen LogP contribution < -0.4 is 9.64 Å². The van der Waals surface area contributed by atoms with E-state index in [0.717, 1.165) is 49.7 Å². The first-order valence-electron chi connectivity index (χ1n) is 12.6. The van der Waals surface area contributed by atoms with E-state index in [1.54, 1.807) is 7.11 Å². The van der Waals surface area contributed by atoms with Crippen LogP contribution in [0.5, 0.6) is 5.75 Å². The van der Waals surface area contributed by atoms with Crippen molar-refractivity contribution in [3.63, 3.8) is 0 Å². The molecule has 6 nitrogen and oxygen atoms in total. The van der Waals surface area contributed by atoms with Gasteiger partial charge in [-0.2, -0.15) is 0 Å². The molecule has 32 heavy (non-hydrogen) atoms. The standard InChI is InChI=1S/C26H40N2O4/c1-30-25-4-2-23(3-5-25)28-8-6-27(7-9-28)18-24(29)19-31-10-11-32-26-15-20-12-21(16-26)14-22(13-20)17-26/h2-5,20-22,24,29H,6-19H2,1H3. The number of methoxy groups -OCH3 is 1. The SMILES string of the molecule is COc1ccc(N2CCN(CC(O)COCCOC34CC5CC(CC(C5)C3)C4)CC2)cc1. The second-order valence-corrected chi connectivity index (χ2v) is 10.7. The van der Waals surface area contributed by atoms with Crippen LogP contribution in [-0.2, 0) is 9.47 Å². The summed E-state index contributed by atoms with van der Waals surface area (Å²) in [6.45, 7) is 6.17. The van der Waals surface area contributed by atoms with Crippen LogP contribution in [0.2, 0.25) is 0 Å². The first-order valence-corrected chi connectivity index (χ1v) is 12.6. The fraction of sp³-hybridized carbons (Fsp3) is 0.769. The fourth-order valence-corrected chi connectivity index (χ4v) is 7.08.